The Hall–Kier alpha value is -4.33. The average Bonchev–Trinajstić information content (AvgIpc) is 2.83. The van der Waals surface area contributed by atoms with Crippen molar-refractivity contribution in [3.63, 3.8) is 0 Å². The van der Waals surface area contributed by atoms with Gasteiger partial charge in [-0.25, -0.2) is 5.43 Å². The third-order valence-corrected chi connectivity index (χ3v) is 4.36. The Labute approximate surface area is 185 Å². The van der Waals surface area contributed by atoms with E-state index in [1.165, 1.54) is 20.4 Å². The number of carbonyl (C=O) groups excluding carboxylic acids is 2. The van der Waals surface area contributed by atoms with Gasteiger partial charge >= 0.3 is 0 Å². The Balaban J connectivity index is 1.59. The lowest BCUT2D eigenvalue weighted by molar-refractivity contribution is -0.118. The van der Waals surface area contributed by atoms with Crippen LogP contribution in [0.3, 0.4) is 0 Å². The van der Waals surface area contributed by atoms with E-state index < -0.39 is 0 Å². The van der Waals surface area contributed by atoms with Gasteiger partial charge in [0.15, 0.2) is 6.61 Å². The Morgan fingerprint density at radius 2 is 1.66 bits per heavy atom. The third-order valence-electron chi connectivity index (χ3n) is 4.36. The highest BCUT2D eigenvalue weighted by atomic mass is 16.5. The molecule has 3 rings (SSSR count). The number of hydrogen-bond acceptors (Lipinski definition) is 6. The van der Waals surface area contributed by atoms with E-state index in [9.17, 15) is 9.59 Å². The molecule has 0 aliphatic carbocycles. The van der Waals surface area contributed by atoms with Crippen LogP contribution < -0.4 is 25.0 Å². The van der Waals surface area contributed by atoms with E-state index in [1.54, 1.807) is 66.7 Å². The fourth-order valence-corrected chi connectivity index (χ4v) is 2.79. The van der Waals surface area contributed by atoms with Crippen molar-refractivity contribution in [2.45, 2.75) is 0 Å². The van der Waals surface area contributed by atoms with Crippen molar-refractivity contribution in [2.24, 2.45) is 5.10 Å². The number of anilines is 1. The van der Waals surface area contributed by atoms with Crippen LogP contribution in [0, 0.1) is 0 Å². The maximum atomic E-state index is 12.3. The van der Waals surface area contributed by atoms with Crippen LogP contribution in [0.15, 0.2) is 77.9 Å². The number of methoxy groups -OCH3 is 2. The molecule has 3 aromatic rings. The molecule has 0 unspecified atom stereocenters. The highest BCUT2D eigenvalue weighted by Gasteiger charge is 2.09. The summed E-state index contributed by atoms with van der Waals surface area (Å²) in [5.41, 5.74) is 4.03. The van der Waals surface area contributed by atoms with Gasteiger partial charge < -0.3 is 19.5 Å². The minimum absolute atomic E-state index is 0.209. The van der Waals surface area contributed by atoms with Crippen LogP contribution in [0.1, 0.15) is 15.9 Å². The zero-order chi connectivity index (χ0) is 22.8. The smallest absolute Gasteiger partial charge is 0.271 e. The lowest BCUT2D eigenvalue weighted by atomic mass is 10.2. The SMILES string of the molecule is COc1cccc(C(=O)N/N=C/c2ccccc2OCC(=O)Nc2ccccc2OC)c1. The van der Waals surface area contributed by atoms with Gasteiger partial charge in [0.25, 0.3) is 11.8 Å². The molecule has 0 atom stereocenters. The van der Waals surface area contributed by atoms with Crippen LogP contribution in [0.4, 0.5) is 5.69 Å². The molecule has 8 nitrogen and oxygen atoms in total. The van der Waals surface area contributed by atoms with Crippen molar-refractivity contribution in [1.82, 2.24) is 5.43 Å². The minimum Gasteiger partial charge on any atom is -0.497 e. The number of nitrogens with zero attached hydrogens (tertiary/aromatic N) is 1. The van der Waals surface area contributed by atoms with Gasteiger partial charge in [-0.3, -0.25) is 9.59 Å². The topological polar surface area (TPSA) is 98.3 Å². The highest BCUT2D eigenvalue weighted by molar-refractivity contribution is 5.95. The van der Waals surface area contributed by atoms with Crippen LogP contribution in [0.2, 0.25) is 0 Å². The number of rotatable bonds is 9. The second kappa shape index (κ2) is 11.2. The minimum atomic E-state index is -0.380. The van der Waals surface area contributed by atoms with Crippen LogP contribution in [-0.4, -0.2) is 38.9 Å². The molecule has 0 aliphatic rings. The highest BCUT2D eigenvalue weighted by Crippen LogP contribution is 2.23. The molecule has 0 spiro atoms. The quantitative estimate of drug-likeness (QED) is 0.398. The fourth-order valence-electron chi connectivity index (χ4n) is 2.79. The molecule has 2 N–H and O–H groups in total. The first-order valence-corrected chi connectivity index (χ1v) is 9.73. The van der Waals surface area contributed by atoms with Gasteiger partial charge in [-0.05, 0) is 42.5 Å². The predicted octanol–water partition coefficient (Wildman–Crippen LogP) is 3.49. The Morgan fingerprint density at radius 1 is 0.906 bits per heavy atom. The fraction of sp³-hybridized carbons (Fsp3) is 0.125. The average molecular weight is 433 g/mol. The number of hydrogen-bond donors (Lipinski definition) is 2. The zero-order valence-corrected chi connectivity index (χ0v) is 17.7. The summed E-state index contributed by atoms with van der Waals surface area (Å²) in [6.07, 6.45) is 1.45. The molecule has 0 heterocycles. The molecule has 0 aromatic heterocycles. The van der Waals surface area contributed by atoms with E-state index in [4.69, 9.17) is 14.2 Å². The van der Waals surface area contributed by atoms with Crippen LogP contribution in [0.5, 0.6) is 17.2 Å². The van der Waals surface area contributed by atoms with Crippen molar-refractivity contribution in [3.05, 3.63) is 83.9 Å². The van der Waals surface area contributed by atoms with Crippen molar-refractivity contribution >= 4 is 23.7 Å². The molecule has 0 fully saturated rings. The van der Waals surface area contributed by atoms with E-state index in [-0.39, 0.29) is 18.4 Å². The Kier molecular flexibility index (Phi) is 7.80. The van der Waals surface area contributed by atoms with Gasteiger partial charge in [0, 0.05) is 11.1 Å². The molecule has 0 aliphatic heterocycles. The molecule has 0 radical (unpaired) electrons. The maximum absolute atomic E-state index is 12.3. The van der Waals surface area contributed by atoms with Crippen LogP contribution in [0.25, 0.3) is 0 Å². The van der Waals surface area contributed by atoms with Gasteiger partial charge in [-0.2, -0.15) is 5.10 Å². The second-order valence-corrected chi connectivity index (χ2v) is 6.51. The van der Waals surface area contributed by atoms with E-state index in [0.29, 0.717) is 34.1 Å². The molecule has 164 valence electrons. The summed E-state index contributed by atoms with van der Waals surface area (Å²) < 4.78 is 16.0. The first kappa shape index (κ1) is 22.4. The van der Waals surface area contributed by atoms with Crippen molar-refractivity contribution in [3.8, 4) is 17.2 Å². The normalized spacial score (nSPS) is 10.4. The zero-order valence-electron chi connectivity index (χ0n) is 17.7. The number of benzene rings is 3. The monoisotopic (exact) mass is 433 g/mol. The summed E-state index contributed by atoms with van der Waals surface area (Å²) in [6.45, 7) is -0.209. The van der Waals surface area contributed by atoms with Crippen molar-refractivity contribution < 1.29 is 23.8 Å². The number of carbonyl (C=O) groups is 2. The third kappa shape index (κ3) is 6.09. The number of nitrogens with one attached hydrogen (secondary N) is 2. The Bertz CT molecular complexity index is 1110. The van der Waals surface area contributed by atoms with Gasteiger partial charge in [0.05, 0.1) is 26.1 Å². The predicted molar refractivity (Wildman–Crippen MR) is 122 cm³/mol. The van der Waals surface area contributed by atoms with E-state index in [0.717, 1.165) is 0 Å². The molecule has 3 aromatic carbocycles. The van der Waals surface area contributed by atoms with Crippen LogP contribution >= 0.6 is 0 Å². The van der Waals surface area contributed by atoms with E-state index in [2.05, 4.69) is 15.8 Å². The van der Waals surface area contributed by atoms with Gasteiger partial charge in [-0.15, -0.1) is 0 Å². The molecule has 32 heavy (non-hydrogen) atoms. The first-order valence-electron chi connectivity index (χ1n) is 9.73. The molecule has 0 saturated carbocycles. The summed E-state index contributed by atoms with van der Waals surface area (Å²) >= 11 is 0. The van der Waals surface area contributed by atoms with Gasteiger partial charge in [0.2, 0.25) is 0 Å². The summed E-state index contributed by atoms with van der Waals surface area (Å²) in [6, 6.07) is 20.9. The number of para-hydroxylation sites is 3. The Morgan fingerprint density at radius 3 is 2.44 bits per heavy atom. The molecule has 0 bridgehead atoms. The van der Waals surface area contributed by atoms with Crippen molar-refractivity contribution in [1.29, 1.82) is 0 Å². The van der Waals surface area contributed by atoms with Crippen LogP contribution in [-0.2, 0) is 4.79 Å². The first-order chi connectivity index (χ1) is 15.6. The van der Waals surface area contributed by atoms with Gasteiger partial charge in [0.1, 0.15) is 17.2 Å². The molecule has 0 saturated heterocycles. The second-order valence-electron chi connectivity index (χ2n) is 6.51. The molecular weight excluding hydrogens is 410 g/mol. The summed E-state index contributed by atoms with van der Waals surface area (Å²) in [5, 5.41) is 6.74. The molecular formula is C24H23N3O5. The summed E-state index contributed by atoms with van der Waals surface area (Å²) in [5.74, 6) is 0.858. The number of amides is 2. The largest absolute Gasteiger partial charge is 0.497 e. The maximum Gasteiger partial charge on any atom is 0.271 e. The van der Waals surface area contributed by atoms with Gasteiger partial charge in [-0.1, -0.05) is 30.3 Å². The standard InChI is InChI=1S/C24H23N3O5/c1-30-19-10-7-9-17(14-19)24(29)27-25-15-18-8-3-5-12-21(18)32-16-23(28)26-20-11-4-6-13-22(20)31-2/h3-15H,16H2,1-2H3,(H,26,28)(H,27,29)/b25-15+. The molecule has 2 amide bonds. The van der Waals surface area contributed by atoms with E-state index in [1.807, 2.05) is 6.07 Å². The van der Waals surface area contributed by atoms with E-state index >= 15 is 0 Å². The summed E-state index contributed by atoms with van der Waals surface area (Å²) in [4.78, 5) is 24.5. The lowest BCUT2D eigenvalue weighted by Gasteiger charge is -2.11. The number of ether oxygens (including phenoxy) is 3. The molecule has 8 heteroatoms. The number of hydrazone groups is 1. The summed E-state index contributed by atoms with van der Waals surface area (Å²) in [7, 11) is 3.06. The lowest BCUT2D eigenvalue weighted by Crippen LogP contribution is -2.21. The van der Waals surface area contributed by atoms with Crippen molar-refractivity contribution in [2.75, 3.05) is 26.1 Å².